The smallest absolute Gasteiger partial charge is 0.408 e. The zero-order valence-electron chi connectivity index (χ0n) is 25.6. The van der Waals surface area contributed by atoms with Gasteiger partial charge in [-0.05, 0) is 44.9 Å². The van der Waals surface area contributed by atoms with Gasteiger partial charge in [0.15, 0.2) is 0 Å². The number of rotatable bonds is 10. The molecule has 1 N–H and O–H groups in total. The van der Waals surface area contributed by atoms with E-state index in [0.29, 0.717) is 18.6 Å². The minimum atomic E-state index is -0.863. The topological polar surface area (TPSA) is 107 Å². The van der Waals surface area contributed by atoms with Crippen molar-refractivity contribution >= 4 is 34.9 Å². The Labute approximate surface area is 253 Å². The van der Waals surface area contributed by atoms with E-state index in [1.54, 1.807) is 26.8 Å². The van der Waals surface area contributed by atoms with Crippen LogP contribution >= 0.6 is 0 Å². The Hall–Kier alpha value is -4.40. The van der Waals surface area contributed by atoms with E-state index >= 15 is 0 Å². The lowest BCUT2D eigenvalue weighted by atomic mass is 10.1. The van der Waals surface area contributed by atoms with Crippen molar-refractivity contribution in [1.82, 2.24) is 15.2 Å². The number of carbonyl (C=O) groups excluding carboxylic acids is 3. The third-order valence-electron chi connectivity index (χ3n) is 7.25. The number of ether oxygens (including phenoxy) is 3. The number of aromatic nitrogens is 1. The van der Waals surface area contributed by atoms with E-state index in [1.807, 2.05) is 61.5 Å². The summed E-state index contributed by atoms with van der Waals surface area (Å²) in [5.74, 6) is -0.325. The molecule has 3 atom stereocenters. The largest absolute Gasteiger partial charge is 0.488 e. The summed E-state index contributed by atoms with van der Waals surface area (Å²) >= 11 is 0. The van der Waals surface area contributed by atoms with Crippen LogP contribution in [0.4, 0.5) is 4.79 Å². The molecule has 43 heavy (non-hydrogen) atoms. The van der Waals surface area contributed by atoms with Gasteiger partial charge in [-0.3, -0.25) is 4.79 Å². The van der Waals surface area contributed by atoms with Gasteiger partial charge in [-0.25, -0.2) is 14.6 Å². The molecule has 0 bridgehead atoms. The maximum atomic E-state index is 13.9. The molecule has 3 aromatic rings. The van der Waals surface area contributed by atoms with Crippen LogP contribution in [0, 0.1) is 0 Å². The number of fused-ring (bicyclic) bond motifs is 1. The number of hydrogen-bond donors (Lipinski definition) is 1. The fourth-order valence-electron chi connectivity index (χ4n) is 5.17. The standard InChI is InChI=1S/C34H41N3O6/c1-7-9-15-27(36-33(40)43-34(3,4)5)31(38)37-21-24(19-29(37)32(39)41-6)42-30-20-28(23-13-11-10-12-14-23)35-26-17-16-22(8-2)18-25(26)30/h8,10-14,16-18,20,24,27,29H,2,7,9,15,19,21H2,1,3-6H3,(H,36,40)/t24-,27+,29+/m1/s1. The van der Waals surface area contributed by atoms with Gasteiger partial charge < -0.3 is 24.4 Å². The third-order valence-corrected chi connectivity index (χ3v) is 7.25. The van der Waals surface area contributed by atoms with Crippen molar-refractivity contribution in [2.24, 2.45) is 0 Å². The number of unbranched alkanes of at least 4 members (excludes halogenated alkanes) is 1. The summed E-state index contributed by atoms with van der Waals surface area (Å²) in [5.41, 5.74) is 2.62. The average Bonchev–Trinajstić information content (AvgIpc) is 3.41. The minimum absolute atomic E-state index is 0.142. The van der Waals surface area contributed by atoms with Crippen LogP contribution in [0.3, 0.4) is 0 Å². The predicted octanol–water partition coefficient (Wildman–Crippen LogP) is 6.15. The molecule has 0 radical (unpaired) electrons. The first-order valence-electron chi connectivity index (χ1n) is 14.7. The summed E-state index contributed by atoms with van der Waals surface area (Å²) in [6.07, 6.45) is 2.74. The van der Waals surface area contributed by atoms with Gasteiger partial charge in [0.1, 0.15) is 29.5 Å². The normalized spacial score (nSPS) is 17.3. The van der Waals surface area contributed by atoms with E-state index in [2.05, 4.69) is 11.9 Å². The summed E-state index contributed by atoms with van der Waals surface area (Å²) in [5, 5.41) is 3.52. The summed E-state index contributed by atoms with van der Waals surface area (Å²) < 4.78 is 17.1. The van der Waals surface area contributed by atoms with Crippen molar-refractivity contribution in [3.05, 3.63) is 66.7 Å². The van der Waals surface area contributed by atoms with Crippen LogP contribution in [-0.2, 0) is 19.1 Å². The first kappa shape index (κ1) is 31.5. The van der Waals surface area contributed by atoms with Crippen LogP contribution in [0.1, 0.15) is 58.9 Å². The van der Waals surface area contributed by atoms with Crippen LogP contribution in [0.15, 0.2) is 61.2 Å². The molecule has 2 aromatic carbocycles. The van der Waals surface area contributed by atoms with Crippen molar-refractivity contribution in [2.45, 2.75) is 77.2 Å². The highest BCUT2D eigenvalue weighted by Gasteiger charge is 2.44. The third kappa shape index (κ3) is 7.91. The van der Waals surface area contributed by atoms with Gasteiger partial charge in [0.05, 0.1) is 24.9 Å². The predicted molar refractivity (Wildman–Crippen MR) is 167 cm³/mol. The van der Waals surface area contributed by atoms with E-state index in [4.69, 9.17) is 19.2 Å². The van der Waals surface area contributed by atoms with Crippen molar-refractivity contribution in [3.8, 4) is 17.0 Å². The van der Waals surface area contributed by atoms with Gasteiger partial charge >= 0.3 is 12.1 Å². The SMILES string of the molecule is C=Cc1ccc2nc(-c3ccccc3)cc(O[C@@H]3C[C@@H](C(=O)OC)N(C(=O)[C@H](CCCC)NC(=O)OC(C)(C)C)C3)c2c1. The van der Waals surface area contributed by atoms with Crippen LogP contribution < -0.4 is 10.1 Å². The lowest BCUT2D eigenvalue weighted by molar-refractivity contribution is -0.151. The number of hydrogen-bond acceptors (Lipinski definition) is 7. The quantitative estimate of drug-likeness (QED) is 0.284. The number of carbonyl (C=O) groups is 3. The van der Waals surface area contributed by atoms with Crippen LogP contribution in [0.25, 0.3) is 28.2 Å². The maximum Gasteiger partial charge on any atom is 0.408 e. The lowest BCUT2D eigenvalue weighted by Crippen LogP contribution is -2.52. The van der Waals surface area contributed by atoms with E-state index in [-0.39, 0.29) is 18.9 Å². The average molecular weight is 588 g/mol. The molecule has 0 aliphatic carbocycles. The van der Waals surface area contributed by atoms with Gasteiger partial charge in [0.2, 0.25) is 5.91 Å². The first-order chi connectivity index (χ1) is 20.5. The second-order valence-electron chi connectivity index (χ2n) is 11.7. The molecule has 9 nitrogen and oxygen atoms in total. The van der Waals surface area contributed by atoms with Crippen LogP contribution in [-0.4, -0.2) is 65.3 Å². The molecule has 4 rings (SSSR count). The number of pyridine rings is 1. The molecule has 1 saturated heterocycles. The fourth-order valence-corrected chi connectivity index (χ4v) is 5.17. The Morgan fingerprint density at radius 2 is 1.88 bits per heavy atom. The Morgan fingerprint density at radius 1 is 1.14 bits per heavy atom. The number of benzene rings is 2. The number of nitrogens with one attached hydrogen (secondary N) is 1. The molecule has 1 aliphatic heterocycles. The number of likely N-dealkylation sites (tertiary alicyclic amines) is 1. The Kier molecular flexibility index (Phi) is 10.1. The molecule has 0 spiro atoms. The lowest BCUT2D eigenvalue weighted by Gasteiger charge is -2.28. The molecule has 1 fully saturated rings. The Balaban J connectivity index is 1.65. The Morgan fingerprint density at radius 3 is 2.53 bits per heavy atom. The summed E-state index contributed by atoms with van der Waals surface area (Å²) in [7, 11) is 1.30. The number of nitrogens with zero attached hydrogens (tertiary/aromatic N) is 2. The van der Waals surface area contributed by atoms with E-state index in [1.165, 1.54) is 12.0 Å². The van der Waals surface area contributed by atoms with Crippen LogP contribution in [0.2, 0.25) is 0 Å². The summed E-state index contributed by atoms with van der Waals surface area (Å²) in [6.45, 7) is 11.3. The maximum absolute atomic E-state index is 13.9. The molecular formula is C34H41N3O6. The van der Waals surface area contributed by atoms with Gasteiger partial charge in [-0.2, -0.15) is 0 Å². The number of esters is 1. The van der Waals surface area contributed by atoms with Crippen molar-refractivity contribution < 1.29 is 28.6 Å². The number of methoxy groups -OCH3 is 1. The summed E-state index contributed by atoms with van der Waals surface area (Å²) in [6, 6.07) is 15.8. The van der Waals surface area contributed by atoms with Crippen molar-refractivity contribution in [3.63, 3.8) is 0 Å². The van der Waals surface area contributed by atoms with Crippen LogP contribution in [0.5, 0.6) is 5.75 Å². The molecule has 2 heterocycles. The van der Waals surface area contributed by atoms with E-state index < -0.39 is 35.9 Å². The molecule has 0 saturated carbocycles. The van der Waals surface area contributed by atoms with E-state index in [0.717, 1.165) is 34.1 Å². The molecule has 0 unspecified atom stereocenters. The fraction of sp³-hybridized carbons (Fsp3) is 0.412. The Bertz CT molecular complexity index is 1470. The first-order valence-corrected chi connectivity index (χ1v) is 14.7. The minimum Gasteiger partial charge on any atom is -0.488 e. The highest BCUT2D eigenvalue weighted by Crippen LogP contribution is 2.34. The molecule has 9 heteroatoms. The molecule has 2 amide bonds. The highest BCUT2D eigenvalue weighted by atomic mass is 16.6. The van der Waals surface area contributed by atoms with Crippen molar-refractivity contribution in [1.29, 1.82) is 0 Å². The monoisotopic (exact) mass is 587 g/mol. The van der Waals surface area contributed by atoms with E-state index in [9.17, 15) is 14.4 Å². The van der Waals surface area contributed by atoms with Gasteiger partial charge in [-0.15, -0.1) is 0 Å². The van der Waals surface area contributed by atoms with Crippen molar-refractivity contribution in [2.75, 3.05) is 13.7 Å². The zero-order chi connectivity index (χ0) is 31.1. The summed E-state index contributed by atoms with van der Waals surface area (Å²) in [4.78, 5) is 45.7. The molecule has 228 valence electrons. The molecular weight excluding hydrogens is 546 g/mol. The highest BCUT2D eigenvalue weighted by molar-refractivity contribution is 5.91. The second kappa shape index (κ2) is 13.7. The number of alkyl carbamates (subject to hydrolysis) is 1. The van der Waals surface area contributed by atoms with Gasteiger partial charge in [-0.1, -0.05) is 68.8 Å². The zero-order valence-corrected chi connectivity index (χ0v) is 25.6. The second-order valence-corrected chi connectivity index (χ2v) is 11.7. The van der Waals surface area contributed by atoms with Gasteiger partial charge in [0.25, 0.3) is 0 Å². The molecule has 1 aliphatic rings. The molecule has 1 aromatic heterocycles. The number of amides is 2. The van der Waals surface area contributed by atoms with Gasteiger partial charge in [0, 0.05) is 23.4 Å².